The molecule has 6 heteroatoms. The van der Waals surface area contributed by atoms with Gasteiger partial charge in [-0.05, 0) is 11.8 Å². The molecule has 0 aliphatic carbocycles. The molecule has 1 heterocycles. The van der Waals surface area contributed by atoms with Gasteiger partial charge in [0.15, 0.2) is 4.34 Å². The number of aromatic nitrogens is 1. The van der Waals surface area contributed by atoms with Crippen LogP contribution in [0.4, 0.5) is 0 Å². The maximum atomic E-state index is 12.1. The summed E-state index contributed by atoms with van der Waals surface area (Å²) in [6, 6.07) is 0. The lowest BCUT2D eigenvalue weighted by atomic mass is 9.96. The van der Waals surface area contributed by atoms with Crippen LogP contribution in [0.5, 0.6) is 0 Å². The highest BCUT2D eigenvalue weighted by molar-refractivity contribution is 7.87. The van der Waals surface area contributed by atoms with Crippen LogP contribution in [0.3, 0.4) is 0 Å². The predicted octanol–water partition coefficient (Wildman–Crippen LogP) is 2.42. The van der Waals surface area contributed by atoms with Crippen molar-refractivity contribution in [2.45, 2.75) is 43.4 Å². The fourth-order valence-electron chi connectivity index (χ4n) is 1.38. The molecule has 0 unspecified atom stereocenters. The lowest BCUT2D eigenvalue weighted by Gasteiger charge is -2.14. The third-order valence-electron chi connectivity index (χ3n) is 2.64. The van der Waals surface area contributed by atoms with E-state index in [0.29, 0.717) is 22.9 Å². The lowest BCUT2D eigenvalue weighted by molar-refractivity contribution is -0.128. The number of carbonyl (C=O) groups is 1. The maximum absolute atomic E-state index is 12.1. The van der Waals surface area contributed by atoms with E-state index in [4.69, 9.17) is 0 Å². The van der Waals surface area contributed by atoms with Gasteiger partial charge < -0.3 is 4.90 Å². The predicted molar refractivity (Wildman–Crippen MR) is 80.0 cm³/mol. The molecule has 1 atom stereocenters. The van der Waals surface area contributed by atoms with E-state index in [2.05, 4.69) is 25.8 Å². The van der Waals surface area contributed by atoms with Crippen LogP contribution < -0.4 is 0 Å². The smallest absolute Gasteiger partial charge is 0.222 e. The van der Waals surface area contributed by atoms with Crippen molar-refractivity contribution >= 4 is 28.0 Å². The number of amides is 1. The normalized spacial score (nSPS) is 13.3. The first-order chi connectivity index (χ1) is 8.71. The molecule has 0 spiro atoms. The second kappa shape index (κ2) is 6.61. The molecule has 1 aromatic heterocycles. The molecule has 0 aromatic carbocycles. The van der Waals surface area contributed by atoms with Gasteiger partial charge >= 0.3 is 0 Å². The number of rotatable bonds is 5. The Hall–Kier alpha value is -0.750. The Kier molecular flexibility index (Phi) is 5.67. The zero-order valence-corrected chi connectivity index (χ0v) is 13.9. The Bertz CT molecular complexity index is 461. The molecule has 0 aliphatic heterocycles. The number of carbonyl (C=O) groups excluding carboxylic acids is 1. The third kappa shape index (κ3) is 5.03. The van der Waals surface area contributed by atoms with E-state index in [1.54, 1.807) is 19.0 Å². The molecule has 0 saturated heterocycles. The fraction of sp³-hybridized carbons (Fsp3) is 0.692. The van der Waals surface area contributed by atoms with Gasteiger partial charge in [-0.2, -0.15) is 0 Å². The van der Waals surface area contributed by atoms with Crippen LogP contribution in [-0.2, 0) is 21.0 Å². The van der Waals surface area contributed by atoms with E-state index < -0.39 is 10.8 Å². The molecule has 1 rings (SSSR count). The zero-order chi connectivity index (χ0) is 14.6. The highest BCUT2D eigenvalue weighted by atomic mass is 32.2. The van der Waals surface area contributed by atoms with Crippen molar-refractivity contribution in [3.8, 4) is 0 Å². The minimum absolute atomic E-state index is 0.0427. The summed E-state index contributed by atoms with van der Waals surface area (Å²) in [5.41, 5.74) is 0.0427. The number of thiazole rings is 1. The molecule has 0 N–H and O–H groups in total. The molecule has 0 aliphatic rings. The molecule has 0 radical (unpaired) electrons. The van der Waals surface area contributed by atoms with E-state index in [0.717, 1.165) is 4.88 Å². The average molecular weight is 302 g/mol. The zero-order valence-electron chi connectivity index (χ0n) is 12.2. The molecular weight excluding hydrogens is 280 g/mol. The topological polar surface area (TPSA) is 50.3 Å². The highest BCUT2D eigenvalue weighted by Crippen LogP contribution is 2.29. The Morgan fingerprint density at radius 3 is 2.53 bits per heavy atom. The third-order valence-corrected chi connectivity index (χ3v) is 5.82. The van der Waals surface area contributed by atoms with E-state index in [1.807, 2.05) is 6.20 Å². The molecule has 1 amide bonds. The van der Waals surface area contributed by atoms with Crippen molar-refractivity contribution < 1.29 is 9.00 Å². The first-order valence-corrected chi connectivity index (χ1v) is 8.40. The first kappa shape index (κ1) is 16.3. The summed E-state index contributed by atoms with van der Waals surface area (Å²) >= 11 is 1.51. The summed E-state index contributed by atoms with van der Waals surface area (Å²) in [5, 5.41) is 0. The second-order valence-corrected chi connectivity index (χ2v) is 8.46. The average Bonchev–Trinajstić information content (AvgIpc) is 2.77. The Labute approximate surface area is 121 Å². The van der Waals surface area contributed by atoms with Crippen LogP contribution in [0.15, 0.2) is 10.5 Å². The molecule has 0 fully saturated rings. The van der Waals surface area contributed by atoms with Gasteiger partial charge in [0.25, 0.3) is 0 Å². The molecule has 1 aromatic rings. The van der Waals surface area contributed by atoms with Crippen LogP contribution >= 0.6 is 11.3 Å². The number of nitrogens with zero attached hydrogens (tertiary/aromatic N) is 2. The summed E-state index contributed by atoms with van der Waals surface area (Å²) < 4.78 is 12.7. The maximum Gasteiger partial charge on any atom is 0.222 e. The number of hydrogen-bond donors (Lipinski definition) is 0. The largest absolute Gasteiger partial charge is 0.349 e. The summed E-state index contributed by atoms with van der Waals surface area (Å²) in [6.07, 6.45) is 2.88. The van der Waals surface area contributed by atoms with E-state index in [-0.39, 0.29) is 11.3 Å². The van der Waals surface area contributed by atoms with Crippen molar-refractivity contribution in [2.75, 3.05) is 19.8 Å². The van der Waals surface area contributed by atoms with Crippen LogP contribution in [0.2, 0.25) is 0 Å². The van der Waals surface area contributed by atoms with Crippen molar-refractivity contribution in [1.29, 1.82) is 0 Å². The van der Waals surface area contributed by atoms with Gasteiger partial charge in [-0.15, -0.1) is 11.3 Å². The first-order valence-electron chi connectivity index (χ1n) is 6.26. The molecular formula is C13H22N2O2S2. The Morgan fingerprint density at radius 1 is 1.42 bits per heavy atom. The molecule has 19 heavy (non-hydrogen) atoms. The number of hydrogen-bond acceptors (Lipinski definition) is 4. The molecule has 108 valence electrons. The van der Waals surface area contributed by atoms with Crippen molar-refractivity contribution in [2.24, 2.45) is 0 Å². The molecule has 0 bridgehead atoms. The molecule has 4 nitrogen and oxygen atoms in total. The minimum Gasteiger partial charge on any atom is -0.349 e. The summed E-state index contributed by atoms with van der Waals surface area (Å²) in [5.74, 6) is 0.572. The summed E-state index contributed by atoms with van der Waals surface area (Å²) in [4.78, 5) is 18.3. The summed E-state index contributed by atoms with van der Waals surface area (Å²) in [7, 11) is 2.37. The van der Waals surface area contributed by atoms with E-state index >= 15 is 0 Å². The monoisotopic (exact) mass is 302 g/mol. The second-order valence-electron chi connectivity index (χ2n) is 5.68. The van der Waals surface area contributed by atoms with Crippen molar-refractivity contribution in [1.82, 2.24) is 9.88 Å². The van der Waals surface area contributed by atoms with Gasteiger partial charge in [-0.1, -0.05) is 20.8 Å². The van der Waals surface area contributed by atoms with Gasteiger partial charge in [0.05, 0.1) is 10.8 Å². The van der Waals surface area contributed by atoms with Crippen molar-refractivity contribution in [3.63, 3.8) is 0 Å². The Morgan fingerprint density at radius 2 is 2.05 bits per heavy atom. The van der Waals surface area contributed by atoms with Crippen LogP contribution in [-0.4, -0.2) is 39.8 Å². The SMILES string of the molecule is CN(C)C(=O)CCC[S@@](=O)c1ncc(C(C)(C)C)s1. The van der Waals surface area contributed by atoms with Gasteiger partial charge in [0.2, 0.25) is 5.91 Å². The standard InChI is InChI=1S/C13H22N2O2S2/c1-13(2,3)10-9-14-12(18-10)19(17)8-6-7-11(16)15(4)5/h9H,6-8H2,1-5H3/t19-/m1/s1. The van der Waals surface area contributed by atoms with E-state index in [1.165, 1.54) is 11.3 Å². The minimum atomic E-state index is -1.09. The lowest BCUT2D eigenvalue weighted by Crippen LogP contribution is -2.21. The quantitative estimate of drug-likeness (QED) is 0.839. The molecule has 0 saturated carbocycles. The highest BCUT2D eigenvalue weighted by Gasteiger charge is 2.19. The van der Waals surface area contributed by atoms with Crippen LogP contribution in [0.1, 0.15) is 38.5 Å². The van der Waals surface area contributed by atoms with Crippen LogP contribution in [0.25, 0.3) is 0 Å². The van der Waals surface area contributed by atoms with Gasteiger partial charge in [-0.3, -0.25) is 9.00 Å². The fourth-order valence-corrected chi connectivity index (χ4v) is 3.72. The van der Waals surface area contributed by atoms with Gasteiger partial charge in [0.1, 0.15) is 0 Å². The van der Waals surface area contributed by atoms with Crippen molar-refractivity contribution in [3.05, 3.63) is 11.1 Å². The van der Waals surface area contributed by atoms with Gasteiger partial charge in [0, 0.05) is 37.3 Å². The van der Waals surface area contributed by atoms with Crippen LogP contribution in [0, 0.1) is 0 Å². The van der Waals surface area contributed by atoms with E-state index in [9.17, 15) is 9.00 Å². The Balaban J connectivity index is 2.51. The van der Waals surface area contributed by atoms with Gasteiger partial charge in [-0.25, -0.2) is 4.98 Å². The summed E-state index contributed by atoms with van der Waals surface area (Å²) in [6.45, 7) is 6.34.